The second-order valence-corrected chi connectivity index (χ2v) is 4.24. The largest absolute Gasteiger partial charge is 0.469 e. The smallest absolute Gasteiger partial charge is 0.305 e. The topological polar surface area (TPSA) is 43.4 Å². The predicted octanol–water partition coefficient (Wildman–Crippen LogP) is 2.95. The molecule has 0 aliphatic carbocycles. The summed E-state index contributed by atoms with van der Waals surface area (Å²) in [7, 11) is 1.33. The molecular weight excluding hydrogens is 216 g/mol. The van der Waals surface area contributed by atoms with E-state index >= 15 is 0 Å². The van der Waals surface area contributed by atoms with E-state index < -0.39 is 0 Å². The maximum atomic E-state index is 12.0. The van der Waals surface area contributed by atoms with Crippen LogP contribution in [0.2, 0.25) is 0 Å². The van der Waals surface area contributed by atoms with Gasteiger partial charge in [-0.25, -0.2) is 0 Å². The average molecular weight is 234 g/mol. The van der Waals surface area contributed by atoms with Gasteiger partial charge in [0.05, 0.1) is 13.5 Å². The van der Waals surface area contributed by atoms with Gasteiger partial charge in [-0.15, -0.1) is 0 Å². The van der Waals surface area contributed by atoms with Gasteiger partial charge in [0.15, 0.2) is 5.78 Å². The Balaban J connectivity index is 2.78. The molecule has 0 atom stereocenters. The van der Waals surface area contributed by atoms with Gasteiger partial charge in [0, 0.05) is 12.0 Å². The number of esters is 1. The second-order valence-electron chi connectivity index (χ2n) is 4.24. The van der Waals surface area contributed by atoms with Gasteiger partial charge >= 0.3 is 5.97 Å². The lowest BCUT2D eigenvalue weighted by Crippen LogP contribution is -2.08. The minimum atomic E-state index is -0.347. The Labute approximate surface area is 102 Å². The summed E-state index contributed by atoms with van der Waals surface area (Å²) in [6, 6.07) is 7.54. The van der Waals surface area contributed by atoms with Crippen molar-refractivity contribution in [1.82, 2.24) is 0 Å². The molecule has 92 valence electrons. The molecule has 17 heavy (non-hydrogen) atoms. The van der Waals surface area contributed by atoms with Gasteiger partial charge in [0.2, 0.25) is 0 Å². The van der Waals surface area contributed by atoms with E-state index in [-0.39, 0.29) is 24.6 Å². The number of hydrogen-bond donors (Lipinski definition) is 0. The molecule has 0 aliphatic heterocycles. The van der Waals surface area contributed by atoms with Crippen LogP contribution in [0.3, 0.4) is 0 Å². The van der Waals surface area contributed by atoms with Gasteiger partial charge in [-0.1, -0.05) is 38.1 Å². The number of hydrogen-bond acceptors (Lipinski definition) is 3. The van der Waals surface area contributed by atoms with Crippen LogP contribution in [0.1, 0.15) is 48.5 Å². The summed E-state index contributed by atoms with van der Waals surface area (Å²) < 4.78 is 4.52. The van der Waals surface area contributed by atoms with Crippen molar-refractivity contribution in [2.75, 3.05) is 7.11 Å². The van der Waals surface area contributed by atoms with Gasteiger partial charge in [0.1, 0.15) is 0 Å². The van der Waals surface area contributed by atoms with E-state index in [9.17, 15) is 9.59 Å². The highest BCUT2D eigenvalue weighted by Gasteiger charge is 2.14. The van der Waals surface area contributed by atoms with Gasteiger partial charge < -0.3 is 4.74 Å². The zero-order valence-electron chi connectivity index (χ0n) is 10.5. The van der Waals surface area contributed by atoms with Gasteiger partial charge in [-0.3, -0.25) is 9.59 Å². The summed E-state index contributed by atoms with van der Waals surface area (Å²) in [6.07, 6.45) is 0.345. The molecule has 0 N–H and O–H groups in total. The number of methoxy groups -OCH3 is 1. The van der Waals surface area contributed by atoms with Crippen molar-refractivity contribution in [3.05, 3.63) is 35.4 Å². The molecule has 0 radical (unpaired) electrons. The van der Waals surface area contributed by atoms with Gasteiger partial charge in [-0.05, 0) is 11.5 Å². The molecule has 3 nitrogen and oxygen atoms in total. The number of ketones is 1. The molecule has 0 fully saturated rings. The molecular formula is C14H18O3. The lowest BCUT2D eigenvalue weighted by Gasteiger charge is -2.11. The molecule has 0 unspecified atom stereocenters. The Hall–Kier alpha value is -1.64. The van der Waals surface area contributed by atoms with E-state index in [0.29, 0.717) is 11.5 Å². The first kappa shape index (κ1) is 13.4. The van der Waals surface area contributed by atoms with Crippen LogP contribution >= 0.6 is 0 Å². The molecule has 0 spiro atoms. The fourth-order valence-corrected chi connectivity index (χ4v) is 1.71. The maximum absolute atomic E-state index is 12.0. The zero-order chi connectivity index (χ0) is 12.8. The number of benzene rings is 1. The summed E-state index contributed by atoms with van der Waals surface area (Å²) in [5.74, 6) is -0.0478. The lowest BCUT2D eigenvalue weighted by molar-refractivity contribution is -0.140. The summed E-state index contributed by atoms with van der Waals surface area (Å²) in [6.45, 7) is 4.10. The first-order valence-corrected chi connectivity index (χ1v) is 5.75. The van der Waals surface area contributed by atoms with Gasteiger partial charge in [0.25, 0.3) is 0 Å². The van der Waals surface area contributed by atoms with E-state index in [0.717, 1.165) is 5.56 Å². The molecule has 0 saturated carbocycles. The summed E-state index contributed by atoms with van der Waals surface area (Å²) in [5, 5.41) is 0. The van der Waals surface area contributed by atoms with Crippen molar-refractivity contribution < 1.29 is 14.3 Å². The Bertz CT molecular complexity index is 408. The minimum absolute atomic E-state index is 0.000278. The van der Waals surface area contributed by atoms with Crippen LogP contribution in [0, 0.1) is 0 Å². The minimum Gasteiger partial charge on any atom is -0.469 e. The molecule has 1 aromatic rings. The van der Waals surface area contributed by atoms with E-state index in [1.165, 1.54) is 7.11 Å². The molecule has 0 amide bonds. The van der Waals surface area contributed by atoms with E-state index in [4.69, 9.17) is 0 Å². The van der Waals surface area contributed by atoms with Crippen LogP contribution in [-0.2, 0) is 9.53 Å². The predicted molar refractivity (Wildman–Crippen MR) is 66.1 cm³/mol. The second kappa shape index (κ2) is 6.18. The fourth-order valence-electron chi connectivity index (χ4n) is 1.71. The number of ether oxygens (including phenoxy) is 1. The van der Waals surface area contributed by atoms with Crippen molar-refractivity contribution in [2.45, 2.75) is 32.6 Å². The highest BCUT2D eigenvalue weighted by molar-refractivity contribution is 5.98. The van der Waals surface area contributed by atoms with Gasteiger partial charge in [-0.2, -0.15) is 0 Å². The lowest BCUT2D eigenvalue weighted by atomic mass is 9.93. The van der Waals surface area contributed by atoms with Crippen LogP contribution in [-0.4, -0.2) is 18.9 Å². The Morgan fingerprint density at radius 2 is 1.82 bits per heavy atom. The average Bonchev–Trinajstić information content (AvgIpc) is 2.35. The molecule has 0 aliphatic rings. The Kier molecular flexibility index (Phi) is 4.88. The van der Waals surface area contributed by atoms with E-state index in [1.807, 2.05) is 38.1 Å². The van der Waals surface area contributed by atoms with Crippen LogP contribution in [0.5, 0.6) is 0 Å². The summed E-state index contributed by atoms with van der Waals surface area (Å²) in [4.78, 5) is 23.0. The standard InChI is InChI=1S/C14H18O3/c1-10(2)11-6-4-5-7-12(11)13(15)8-9-14(16)17-3/h4-7,10H,8-9H2,1-3H3. The quantitative estimate of drug-likeness (QED) is 0.581. The third kappa shape index (κ3) is 3.70. The van der Waals surface area contributed by atoms with E-state index in [2.05, 4.69) is 4.74 Å². The first-order chi connectivity index (χ1) is 8.06. The number of carbonyl (C=O) groups is 2. The Morgan fingerprint density at radius 3 is 2.41 bits per heavy atom. The monoisotopic (exact) mass is 234 g/mol. The normalized spacial score (nSPS) is 10.4. The fraction of sp³-hybridized carbons (Fsp3) is 0.429. The van der Waals surface area contributed by atoms with E-state index in [1.54, 1.807) is 0 Å². The molecule has 1 rings (SSSR count). The van der Waals surface area contributed by atoms with Crippen molar-refractivity contribution >= 4 is 11.8 Å². The molecule has 0 aromatic heterocycles. The number of Topliss-reactive ketones (excluding diaryl/α,β-unsaturated/α-hetero) is 1. The van der Waals surface area contributed by atoms with Crippen LogP contribution < -0.4 is 0 Å². The molecule has 0 saturated heterocycles. The zero-order valence-corrected chi connectivity index (χ0v) is 10.5. The highest BCUT2D eigenvalue weighted by atomic mass is 16.5. The van der Waals surface area contributed by atoms with Crippen LogP contribution in [0.15, 0.2) is 24.3 Å². The Morgan fingerprint density at radius 1 is 1.18 bits per heavy atom. The number of carbonyl (C=O) groups excluding carboxylic acids is 2. The third-order valence-electron chi connectivity index (χ3n) is 2.67. The van der Waals surface area contributed by atoms with Crippen molar-refractivity contribution in [3.63, 3.8) is 0 Å². The summed E-state index contributed by atoms with van der Waals surface area (Å²) in [5.41, 5.74) is 1.74. The molecule has 0 heterocycles. The van der Waals surface area contributed by atoms with Crippen LogP contribution in [0.4, 0.5) is 0 Å². The summed E-state index contributed by atoms with van der Waals surface area (Å²) >= 11 is 0. The SMILES string of the molecule is COC(=O)CCC(=O)c1ccccc1C(C)C. The van der Waals surface area contributed by atoms with Crippen LogP contribution in [0.25, 0.3) is 0 Å². The van der Waals surface area contributed by atoms with Crippen molar-refractivity contribution in [3.8, 4) is 0 Å². The first-order valence-electron chi connectivity index (χ1n) is 5.75. The van der Waals surface area contributed by atoms with Crippen molar-refractivity contribution in [1.29, 1.82) is 0 Å². The molecule has 1 aromatic carbocycles. The highest BCUT2D eigenvalue weighted by Crippen LogP contribution is 2.20. The van der Waals surface area contributed by atoms with Crippen molar-refractivity contribution in [2.24, 2.45) is 0 Å². The maximum Gasteiger partial charge on any atom is 0.305 e. The number of rotatable bonds is 5. The molecule has 3 heteroatoms. The molecule has 0 bridgehead atoms. The third-order valence-corrected chi connectivity index (χ3v) is 2.67.